The topological polar surface area (TPSA) is 98.7 Å². The molecule has 2 aromatic carbocycles. The van der Waals surface area contributed by atoms with Gasteiger partial charge < -0.3 is 9.84 Å². The van der Waals surface area contributed by atoms with Crippen molar-refractivity contribution in [2.45, 2.75) is 24.8 Å². The molecule has 0 atom stereocenters. The van der Waals surface area contributed by atoms with E-state index in [2.05, 4.69) is 25.7 Å². The number of nitrogens with zero attached hydrogens (tertiary/aromatic N) is 5. The van der Waals surface area contributed by atoms with Crippen LogP contribution in [0.15, 0.2) is 58.2 Å². The van der Waals surface area contributed by atoms with Gasteiger partial charge in [-0.05, 0) is 37.3 Å². The summed E-state index contributed by atoms with van der Waals surface area (Å²) in [7, 11) is 0. The maximum Gasteiger partial charge on any atom is 0.237 e. The van der Waals surface area contributed by atoms with Gasteiger partial charge in [0.15, 0.2) is 5.16 Å². The molecule has 0 saturated heterocycles. The van der Waals surface area contributed by atoms with E-state index in [1.807, 2.05) is 47.9 Å². The number of hydrogen-bond donors (Lipinski definition) is 1. The minimum atomic E-state index is -0.130. The molecule has 152 valence electrons. The Labute approximate surface area is 181 Å². The summed E-state index contributed by atoms with van der Waals surface area (Å²) in [5, 5.41) is 16.5. The van der Waals surface area contributed by atoms with Crippen molar-refractivity contribution < 1.29 is 9.32 Å². The molecule has 0 bridgehead atoms. The molecule has 0 aliphatic heterocycles. The van der Waals surface area contributed by atoms with Crippen molar-refractivity contribution in [1.82, 2.24) is 24.9 Å². The molecular weight excluding hydrogens is 424 g/mol. The molecule has 1 amide bonds. The normalized spacial score (nSPS) is 10.9. The molecule has 0 radical (unpaired) electrons. The minimum absolute atomic E-state index is 0.130. The van der Waals surface area contributed by atoms with E-state index in [1.54, 1.807) is 12.1 Å². The van der Waals surface area contributed by atoms with Crippen LogP contribution in [0.1, 0.15) is 18.6 Å². The highest BCUT2D eigenvalue weighted by Crippen LogP contribution is 2.27. The number of rotatable bonds is 6. The second-order valence-electron chi connectivity index (χ2n) is 6.41. The monoisotopic (exact) mass is 440 g/mol. The maximum atomic E-state index is 11.3. The fraction of sp³-hybridized carbons (Fsp3) is 0.150. The summed E-state index contributed by atoms with van der Waals surface area (Å²) in [6.07, 6.45) is 0. The lowest BCUT2D eigenvalue weighted by molar-refractivity contribution is -0.114. The molecule has 0 spiro atoms. The summed E-state index contributed by atoms with van der Waals surface area (Å²) in [5.41, 5.74) is 2.33. The summed E-state index contributed by atoms with van der Waals surface area (Å²) < 4.78 is 7.27. The Morgan fingerprint density at radius 2 is 2.03 bits per heavy atom. The van der Waals surface area contributed by atoms with Crippen LogP contribution < -0.4 is 5.32 Å². The second kappa shape index (κ2) is 8.68. The molecule has 30 heavy (non-hydrogen) atoms. The van der Waals surface area contributed by atoms with Gasteiger partial charge in [0.1, 0.15) is 5.82 Å². The first-order valence-electron chi connectivity index (χ1n) is 9.01. The number of nitrogens with one attached hydrogen (secondary N) is 1. The molecule has 0 saturated carbocycles. The third-order valence-corrected chi connectivity index (χ3v) is 5.24. The number of aromatic nitrogens is 5. The Morgan fingerprint density at radius 3 is 2.83 bits per heavy atom. The molecule has 0 fully saturated rings. The van der Waals surface area contributed by atoms with Gasteiger partial charge in [-0.2, -0.15) is 4.98 Å². The van der Waals surface area contributed by atoms with Gasteiger partial charge in [0.2, 0.25) is 17.6 Å². The average molecular weight is 441 g/mol. The van der Waals surface area contributed by atoms with Crippen LogP contribution >= 0.6 is 23.4 Å². The summed E-state index contributed by atoms with van der Waals surface area (Å²) in [4.78, 5) is 15.8. The third-order valence-electron chi connectivity index (χ3n) is 4.10. The van der Waals surface area contributed by atoms with E-state index in [0.29, 0.717) is 33.3 Å². The molecule has 0 aliphatic rings. The quantitative estimate of drug-likeness (QED) is 0.439. The molecule has 0 unspecified atom stereocenters. The highest BCUT2D eigenvalue weighted by molar-refractivity contribution is 7.98. The average Bonchev–Trinajstić information content (AvgIpc) is 3.33. The van der Waals surface area contributed by atoms with E-state index in [4.69, 9.17) is 16.1 Å². The molecule has 2 aromatic heterocycles. The zero-order valence-electron chi connectivity index (χ0n) is 16.2. The van der Waals surface area contributed by atoms with Crippen molar-refractivity contribution in [2.24, 2.45) is 0 Å². The van der Waals surface area contributed by atoms with E-state index in [1.165, 1.54) is 18.7 Å². The smallest absolute Gasteiger partial charge is 0.237 e. The number of thioether (sulfide) groups is 1. The standard InChI is InChI=1S/C20H17ClN6O2S/c1-12-24-25-20(27(12)17-8-4-7-16(10-17)22-13(2)28)30-11-18-23-19(26-29-18)14-5-3-6-15(21)9-14/h3-10H,11H2,1-2H3,(H,22,28). The first-order valence-corrected chi connectivity index (χ1v) is 10.4. The van der Waals surface area contributed by atoms with Crippen molar-refractivity contribution >= 4 is 35.0 Å². The van der Waals surface area contributed by atoms with Gasteiger partial charge >= 0.3 is 0 Å². The van der Waals surface area contributed by atoms with Gasteiger partial charge in [0, 0.05) is 23.2 Å². The van der Waals surface area contributed by atoms with Crippen molar-refractivity contribution in [1.29, 1.82) is 0 Å². The summed E-state index contributed by atoms with van der Waals surface area (Å²) in [5.74, 6) is 1.97. The Kier molecular flexibility index (Phi) is 5.82. The first-order chi connectivity index (χ1) is 14.5. The molecule has 1 N–H and O–H groups in total. The molecule has 0 aliphatic carbocycles. The number of halogens is 1. The largest absolute Gasteiger partial charge is 0.338 e. The zero-order chi connectivity index (χ0) is 21.1. The Bertz CT molecular complexity index is 1210. The number of amides is 1. The first kappa shape index (κ1) is 20.1. The predicted octanol–water partition coefficient (Wildman–Crippen LogP) is 4.53. The number of anilines is 1. The van der Waals surface area contributed by atoms with Crippen LogP contribution in [0.2, 0.25) is 5.02 Å². The van der Waals surface area contributed by atoms with Crippen LogP contribution in [-0.4, -0.2) is 30.8 Å². The molecule has 4 rings (SSSR count). The lowest BCUT2D eigenvalue weighted by Gasteiger charge is -2.10. The summed E-state index contributed by atoms with van der Waals surface area (Å²) in [6, 6.07) is 14.8. The van der Waals surface area contributed by atoms with Gasteiger partial charge in [-0.25, -0.2) is 0 Å². The lowest BCUT2D eigenvalue weighted by atomic mass is 10.2. The van der Waals surface area contributed by atoms with Crippen LogP contribution in [-0.2, 0) is 10.5 Å². The molecule has 4 aromatic rings. The van der Waals surface area contributed by atoms with Gasteiger partial charge in [0.25, 0.3) is 0 Å². The molecule has 8 nitrogen and oxygen atoms in total. The van der Waals surface area contributed by atoms with Gasteiger partial charge in [0.05, 0.1) is 11.4 Å². The van der Waals surface area contributed by atoms with Crippen molar-refractivity contribution in [2.75, 3.05) is 5.32 Å². The van der Waals surface area contributed by atoms with Crippen molar-refractivity contribution in [3.63, 3.8) is 0 Å². The minimum Gasteiger partial charge on any atom is -0.338 e. The van der Waals surface area contributed by atoms with Crippen LogP contribution in [0.4, 0.5) is 5.69 Å². The van der Waals surface area contributed by atoms with E-state index in [9.17, 15) is 4.79 Å². The van der Waals surface area contributed by atoms with Gasteiger partial charge in [-0.3, -0.25) is 9.36 Å². The number of benzene rings is 2. The van der Waals surface area contributed by atoms with Crippen molar-refractivity contribution in [3.8, 4) is 17.1 Å². The maximum absolute atomic E-state index is 11.3. The van der Waals surface area contributed by atoms with E-state index < -0.39 is 0 Å². The lowest BCUT2D eigenvalue weighted by Crippen LogP contribution is -2.07. The summed E-state index contributed by atoms with van der Waals surface area (Å²) >= 11 is 7.46. The fourth-order valence-electron chi connectivity index (χ4n) is 2.84. The van der Waals surface area contributed by atoms with Crippen LogP contribution in [0.3, 0.4) is 0 Å². The number of aryl methyl sites for hydroxylation is 1. The highest BCUT2D eigenvalue weighted by Gasteiger charge is 2.15. The number of carbonyl (C=O) groups excluding carboxylic acids is 1. The van der Waals surface area contributed by atoms with E-state index in [-0.39, 0.29) is 5.91 Å². The number of hydrogen-bond acceptors (Lipinski definition) is 7. The molecule has 10 heteroatoms. The molecule has 2 heterocycles. The Morgan fingerprint density at radius 1 is 1.20 bits per heavy atom. The van der Waals surface area contributed by atoms with Gasteiger partial charge in [-0.15, -0.1) is 10.2 Å². The van der Waals surface area contributed by atoms with Crippen LogP contribution in [0.25, 0.3) is 17.1 Å². The van der Waals surface area contributed by atoms with E-state index >= 15 is 0 Å². The zero-order valence-corrected chi connectivity index (χ0v) is 17.7. The second-order valence-corrected chi connectivity index (χ2v) is 7.79. The number of carbonyl (C=O) groups is 1. The van der Waals surface area contributed by atoms with Gasteiger partial charge in [-0.1, -0.05) is 46.7 Å². The highest BCUT2D eigenvalue weighted by atomic mass is 35.5. The third kappa shape index (κ3) is 4.52. The van der Waals surface area contributed by atoms with Crippen LogP contribution in [0.5, 0.6) is 0 Å². The van der Waals surface area contributed by atoms with Crippen LogP contribution in [0, 0.1) is 6.92 Å². The molecular formula is C20H17ClN6O2S. The fourth-order valence-corrected chi connectivity index (χ4v) is 3.87. The van der Waals surface area contributed by atoms with Crippen molar-refractivity contribution in [3.05, 3.63) is 65.3 Å². The Balaban J connectivity index is 1.53. The van der Waals surface area contributed by atoms with E-state index in [0.717, 1.165) is 17.1 Å². The SMILES string of the molecule is CC(=O)Nc1cccc(-n2c(C)nnc2SCc2nc(-c3cccc(Cl)c3)no2)c1. The predicted molar refractivity (Wildman–Crippen MR) is 115 cm³/mol. The summed E-state index contributed by atoms with van der Waals surface area (Å²) in [6.45, 7) is 3.34. The Hall–Kier alpha value is -3.17.